The molecule has 21 heavy (non-hydrogen) atoms. The highest BCUT2D eigenvalue weighted by atomic mass is 16.5. The minimum Gasteiger partial charge on any atom is -0.486 e. The number of anilines is 2. The van der Waals surface area contributed by atoms with Crippen LogP contribution in [0.3, 0.4) is 0 Å². The summed E-state index contributed by atoms with van der Waals surface area (Å²) in [6.45, 7) is 1.91. The Morgan fingerprint density at radius 2 is 1.71 bits per heavy atom. The van der Waals surface area contributed by atoms with Crippen molar-refractivity contribution in [3.8, 4) is 5.75 Å². The van der Waals surface area contributed by atoms with Crippen LogP contribution < -0.4 is 15.0 Å². The summed E-state index contributed by atoms with van der Waals surface area (Å²) in [6.07, 6.45) is -0.239. The predicted molar refractivity (Wildman–Crippen MR) is 83.0 cm³/mol. The molecule has 4 heteroatoms. The molecule has 0 radical (unpaired) electrons. The van der Waals surface area contributed by atoms with E-state index >= 15 is 0 Å². The minimum atomic E-state index is -0.391. The molecular formula is C17H18N2O2. The Labute approximate surface area is 124 Å². The van der Waals surface area contributed by atoms with Gasteiger partial charge in [0.05, 0.1) is 5.69 Å². The standard InChI is InChI=1S/C17H18N2O2/c1-12-16(18-2)17(20)19(13-8-4-3-5-9-13)14-10-6-7-11-15(14)21-12/h3-12,16,18H,1-2H3. The summed E-state index contributed by atoms with van der Waals surface area (Å²) in [5.41, 5.74) is 1.62. The lowest BCUT2D eigenvalue weighted by Crippen LogP contribution is -2.49. The number of carbonyl (C=O) groups is 1. The molecule has 2 atom stereocenters. The van der Waals surface area contributed by atoms with Crippen molar-refractivity contribution in [1.29, 1.82) is 0 Å². The Morgan fingerprint density at radius 3 is 2.43 bits per heavy atom. The van der Waals surface area contributed by atoms with Gasteiger partial charge in [-0.05, 0) is 38.2 Å². The number of benzene rings is 2. The van der Waals surface area contributed by atoms with Crippen molar-refractivity contribution in [3.05, 3.63) is 54.6 Å². The summed E-state index contributed by atoms with van der Waals surface area (Å²) in [5.74, 6) is 0.709. The van der Waals surface area contributed by atoms with E-state index in [1.807, 2.05) is 61.5 Å². The van der Waals surface area contributed by atoms with Gasteiger partial charge in [-0.2, -0.15) is 0 Å². The van der Waals surface area contributed by atoms with Crippen molar-refractivity contribution < 1.29 is 9.53 Å². The molecular weight excluding hydrogens is 264 g/mol. The lowest BCUT2D eigenvalue weighted by atomic mass is 10.1. The van der Waals surface area contributed by atoms with Gasteiger partial charge in [0.1, 0.15) is 17.9 Å². The normalized spacial score (nSPS) is 21.4. The average molecular weight is 282 g/mol. The van der Waals surface area contributed by atoms with E-state index in [0.717, 1.165) is 17.1 Å². The first-order chi connectivity index (χ1) is 10.2. The molecule has 0 aromatic heterocycles. The number of likely N-dealkylation sites (N-methyl/N-ethyl adjacent to an activating group) is 1. The van der Waals surface area contributed by atoms with Gasteiger partial charge in [-0.3, -0.25) is 9.69 Å². The van der Waals surface area contributed by atoms with Gasteiger partial charge in [0, 0.05) is 5.69 Å². The molecule has 108 valence electrons. The number of amides is 1. The van der Waals surface area contributed by atoms with Crippen LogP contribution >= 0.6 is 0 Å². The SMILES string of the molecule is CNC1C(=O)N(c2ccccc2)c2ccccc2OC1C. The number of fused-ring (bicyclic) bond motifs is 1. The second-order valence-corrected chi connectivity index (χ2v) is 5.07. The van der Waals surface area contributed by atoms with E-state index in [2.05, 4.69) is 5.32 Å². The molecule has 2 unspecified atom stereocenters. The predicted octanol–water partition coefficient (Wildman–Crippen LogP) is 2.72. The summed E-state index contributed by atoms with van der Waals surface area (Å²) < 4.78 is 5.96. The highest BCUT2D eigenvalue weighted by molar-refractivity contribution is 6.05. The summed E-state index contributed by atoms with van der Waals surface area (Å²) >= 11 is 0. The lowest BCUT2D eigenvalue weighted by Gasteiger charge is -2.25. The number of carbonyl (C=O) groups excluding carboxylic acids is 1. The number of nitrogens with one attached hydrogen (secondary N) is 1. The summed E-state index contributed by atoms with van der Waals surface area (Å²) in [6, 6.07) is 16.9. The van der Waals surface area contributed by atoms with Crippen LogP contribution in [-0.2, 0) is 4.79 Å². The smallest absolute Gasteiger partial charge is 0.252 e. The van der Waals surface area contributed by atoms with Gasteiger partial charge in [-0.25, -0.2) is 0 Å². The van der Waals surface area contributed by atoms with Gasteiger partial charge in [-0.15, -0.1) is 0 Å². The third kappa shape index (κ3) is 2.38. The Hall–Kier alpha value is -2.33. The van der Waals surface area contributed by atoms with Gasteiger partial charge >= 0.3 is 0 Å². The quantitative estimate of drug-likeness (QED) is 0.921. The second kappa shape index (κ2) is 5.58. The Kier molecular flexibility index (Phi) is 3.62. The van der Waals surface area contributed by atoms with E-state index in [4.69, 9.17) is 4.74 Å². The Bertz CT molecular complexity index is 642. The largest absolute Gasteiger partial charge is 0.486 e. The van der Waals surface area contributed by atoms with Crippen molar-refractivity contribution in [2.24, 2.45) is 0 Å². The fourth-order valence-corrected chi connectivity index (χ4v) is 2.67. The zero-order valence-electron chi connectivity index (χ0n) is 12.1. The van der Waals surface area contributed by atoms with Crippen LogP contribution in [0.2, 0.25) is 0 Å². The first-order valence-corrected chi connectivity index (χ1v) is 7.04. The van der Waals surface area contributed by atoms with Crippen molar-refractivity contribution in [2.75, 3.05) is 11.9 Å². The maximum absolute atomic E-state index is 12.9. The molecule has 0 spiro atoms. The van der Waals surface area contributed by atoms with E-state index in [9.17, 15) is 4.79 Å². The topological polar surface area (TPSA) is 41.6 Å². The van der Waals surface area contributed by atoms with Crippen LogP contribution in [0.25, 0.3) is 0 Å². The minimum absolute atomic E-state index is 0.0128. The number of nitrogens with zero attached hydrogens (tertiary/aromatic N) is 1. The van der Waals surface area contributed by atoms with E-state index in [-0.39, 0.29) is 12.0 Å². The van der Waals surface area contributed by atoms with E-state index < -0.39 is 6.04 Å². The number of hydrogen-bond acceptors (Lipinski definition) is 3. The van der Waals surface area contributed by atoms with E-state index in [0.29, 0.717) is 0 Å². The van der Waals surface area contributed by atoms with Crippen molar-refractivity contribution in [3.63, 3.8) is 0 Å². The maximum atomic E-state index is 12.9. The molecule has 2 aromatic carbocycles. The summed E-state index contributed by atoms with van der Waals surface area (Å²) in [5, 5.41) is 3.06. The number of ether oxygens (including phenoxy) is 1. The molecule has 0 bridgehead atoms. The second-order valence-electron chi connectivity index (χ2n) is 5.07. The third-order valence-electron chi connectivity index (χ3n) is 3.70. The molecule has 0 aliphatic carbocycles. The lowest BCUT2D eigenvalue weighted by molar-refractivity contribution is -0.121. The number of rotatable bonds is 2. The molecule has 0 saturated heterocycles. The van der Waals surface area contributed by atoms with Gasteiger partial charge in [0.25, 0.3) is 5.91 Å². The van der Waals surface area contributed by atoms with Crippen LogP contribution in [0, 0.1) is 0 Å². The van der Waals surface area contributed by atoms with E-state index in [1.165, 1.54) is 0 Å². The van der Waals surface area contributed by atoms with Crippen molar-refractivity contribution in [2.45, 2.75) is 19.1 Å². The Balaban J connectivity index is 2.16. The zero-order valence-corrected chi connectivity index (χ0v) is 12.1. The van der Waals surface area contributed by atoms with Crippen molar-refractivity contribution in [1.82, 2.24) is 5.32 Å². The maximum Gasteiger partial charge on any atom is 0.252 e. The first-order valence-electron chi connectivity index (χ1n) is 7.04. The van der Waals surface area contributed by atoms with Crippen LogP contribution in [0.5, 0.6) is 5.75 Å². The van der Waals surface area contributed by atoms with Crippen LogP contribution in [0.15, 0.2) is 54.6 Å². The summed E-state index contributed by atoms with van der Waals surface area (Å²) in [4.78, 5) is 14.7. The fourth-order valence-electron chi connectivity index (χ4n) is 2.67. The highest BCUT2D eigenvalue weighted by Crippen LogP contribution is 2.37. The van der Waals surface area contributed by atoms with Crippen molar-refractivity contribution >= 4 is 17.3 Å². The molecule has 1 amide bonds. The van der Waals surface area contributed by atoms with Gasteiger partial charge < -0.3 is 10.1 Å². The van der Waals surface area contributed by atoms with Gasteiger partial charge in [-0.1, -0.05) is 30.3 Å². The number of para-hydroxylation sites is 3. The van der Waals surface area contributed by atoms with Crippen LogP contribution in [0.4, 0.5) is 11.4 Å². The highest BCUT2D eigenvalue weighted by Gasteiger charge is 2.35. The molecule has 1 N–H and O–H groups in total. The molecule has 1 aliphatic rings. The van der Waals surface area contributed by atoms with Gasteiger partial charge in [0.15, 0.2) is 0 Å². The van der Waals surface area contributed by atoms with Crippen LogP contribution in [-0.4, -0.2) is 25.1 Å². The molecule has 0 saturated carbocycles. The Morgan fingerprint density at radius 1 is 1.05 bits per heavy atom. The molecule has 1 aliphatic heterocycles. The first kappa shape index (κ1) is 13.6. The monoisotopic (exact) mass is 282 g/mol. The molecule has 2 aromatic rings. The molecule has 3 rings (SSSR count). The zero-order chi connectivity index (χ0) is 14.8. The molecule has 0 fully saturated rings. The van der Waals surface area contributed by atoms with E-state index in [1.54, 1.807) is 11.9 Å². The van der Waals surface area contributed by atoms with Gasteiger partial charge in [0.2, 0.25) is 0 Å². The molecule has 1 heterocycles. The molecule has 4 nitrogen and oxygen atoms in total. The number of hydrogen-bond donors (Lipinski definition) is 1. The summed E-state index contributed by atoms with van der Waals surface area (Å²) in [7, 11) is 1.78. The fraction of sp³-hybridized carbons (Fsp3) is 0.235. The average Bonchev–Trinajstić information content (AvgIpc) is 2.61. The third-order valence-corrected chi connectivity index (χ3v) is 3.70. The van der Waals surface area contributed by atoms with Crippen LogP contribution in [0.1, 0.15) is 6.92 Å².